The van der Waals surface area contributed by atoms with E-state index in [2.05, 4.69) is 16.4 Å². The van der Waals surface area contributed by atoms with Crippen molar-refractivity contribution in [3.05, 3.63) is 29.1 Å². The van der Waals surface area contributed by atoms with E-state index in [9.17, 15) is 15.0 Å². The molecule has 1 heterocycles. The average molecular weight is 354 g/mol. The maximum absolute atomic E-state index is 12.3. The number of carbonyl (C=O) groups is 1. The van der Waals surface area contributed by atoms with Crippen molar-refractivity contribution in [2.24, 2.45) is 23.2 Å². The molecule has 26 heavy (non-hydrogen) atoms. The maximum atomic E-state index is 12.3. The maximum Gasteiger partial charge on any atom is 0.191 e. The number of nitrogens with one attached hydrogen (secondary N) is 1. The lowest BCUT2D eigenvalue weighted by Crippen LogP contribution is -2.57. The monoisotopic (exact) mass is 354 g/mol. The number of ketones is 1. The van der Waals surface area contributed by atoms with Gasteiger partial charge >= 0.3 is 0 Å². The van der Waals surface area contributed by atoms with Gasteiger partial charge in [-0.25, -0.2) is 0 Å². The van der Waals surface area contributed by atoms with Crippen molar-refractivity contribution < 1.29 is 15.0 Å². The first-order chi connectivity index (χ1) is 12.6. The number of aromatic nitrogens is 1. The summed E-state index contributed by atoms with van der Waals surface area (Å²) < 4.78 is 0. The molecule has 1 aromatic rings. The fourth-order valence-corrected chi connectivity index (χ4v) is 6.44. The Hall–Kier alpha value is -1.72. The summed E-state index contributed by atoms with van der Waals surface area (Å²) in [7, 11) is 0. The van der Waals surface area contributed by atoms with Crippen molar-refractivity contribution in [1.29, 1.82) is 0 Å². The summed E-state index contributed by atoms with van der Waals surface area (Å²) in [5.74, 6) is 1.58. The normalized spacial score (nSPS) is 36.4. The number of hydrogen-bond acceptors (Lipinski definition) is 5. The smallest absolute Gasteiger partial charge is 0.191 e. The number of carbonyl (C=O) groups excluding carboxylic acids is 1. The van der Waals surface area contributed by atoms with Gasteiger partial charge in [0, 0.05) is 30.8 Å². The quantitative estimate of drug-likeness (QED) is 0.708. The second-order valence-corrected chi connectivity index (χ2v) is 8.89. The van der Waals surface area contributed by atoms with Gasteiger partial charge in [-0.05, 0) is 55.3 Å². The number of rotatable bonds is 5. The number of aliphatic hydroxyl groups is 2. The first-order valence-electron chi connectivity index (χ1n) is 9.82. The predicted molar refractivity (Wildman–Crippen MR) is 98.9 cm³/mol. The molecule has 0 aromatic carbocycles. The lowest BCUT2D eigenvalue weighted by Gasteiger charge is -2.60. The SMILES string of the molecule is O=C(CO)c1cnc2c(c1NC1[C@@H]3CC4C[C@H]1CC(CO)(C4)C3)C=CC2. The van der Waals surface area contributed by atoms with Gasteiger partial charge in [0.2, 0.25) is 0 Å². The molecule has 5 heteroatoms. The minimum absolute atomic E-state index is 0.137. The Kier molecular flexibility index (Phi) is 3.73. The van der Waals surface area contributed by atoms with Crippen molar-refractivity contribution in [2.45, 2.75) is 44.6 Å². The molecule has 5 aliphatic carbocycles. The number of allylic oxidation sites excluding steroid dienone is 1. The largest absolute Gasteiger partial charge is 0.396 e. The molecule has 4 fully saturated rings. The summed E-state index contributed by atoms with van der Waals surface area (Å²) in [6, 6.07) is 0.344. The van der Waals surface area contributed by atoms with Gasteiger partial charge in [-0.15, -0.1) is 0 Å². The summed E-state index contributed by atoms with van der Waals surface area (Å²) >= 11 is 0. The summed E-state index contributed by atoms with van der Waals surface area (Å²) in [6.45, 7) is -0.184. The highest BCUT2D eigenvalue weighted by atomic mass is 16.3. The minimum atomic E-state index is -0.494. The standard InChI is InChI=1S/C21H26N2O3/c24-10-18(26)16-9-22-17-3-1-2-15(17)20(16)23-19-13-4-12-5-14(19)8-21(6-12,7-13)11-25/h1-2,9,12-14,19,24-25H,3-8,10-11H2,(H,22,23)/t12?,13-,14+,19?,21?. The van der Waals surface area contributed by atoms with Crippen molar-refractivity contribution in [1.82, 2.24) is 4.98 Å². The highest BCUT2D eigenvalue weighted by molar-refractivity contribution is 6.03. The topological polar surface area (TPSA) is 82.5 Å². The molecule has 0 aliphatic heterocycles. The molecule has 0 amide bonds. The summed E-state index contributed by atoms with van der Waals surface area (Å²) in [5, 5.41) is 23.1. The van der Waals surface area contributed by atoms with Crippen LogP contribution < -0.4 is 5.32 Å². The third-order valence-electron chi connectivity index (χ3n) is 7.29. The molecule has 0 spiro atoms. The van der Waals surface area contributed by atoms with Crippen LogP contribution in [0.15, 0.2) is 12.3 Å². The molecule has 138 valence electrons. The number of nitrogens with zero attached hydrogens (tertiary/aromatic N) is 1. The van der Waals surface area contributed by atoms with Crippen LogP contribution in [-0.2, 0) is 6.42 Å². The molecule has 1 aromatic heterocycles. The molecular formula is C21H26N2O3. The second kappa shape index (κ2) is 5.89. The molecule has 5 aliphatic rings. The van der Waals surface area contributed by atoms with Gasteiger partial charge in [0.25, 0.3) is 0 Å². The van der Waals surface area contributed by atoms with Crippen molar-refractivity contribution in [3.63, 3.8) is 0 Å². The van der Waals surface area contributed by atoms with Crippen LogP contribution >= 0.6 is 0 Å². The molecule has 5 atom stereocenters. The van der Waals surface area contributed by atoms with Gasteiger partial charge in [0.15, 0.2) is 5.78 Å². The summed E-state index contributed by atoms with van der Waals surface area (Å²) in [4.78, 5) is 16.7. The summed E-state index contributed by atoms with van der Waals surface area (Å²) in [6.07, 6.45) is 12.3. The molecule has 4 saturated carbocycles. The molecule has 0 saturated heterocycles. The Labute approximate surface area is 153 Å². The van der Waals surface area contributed by atoms with Crippen LogP contribution in [0, 0.1) is 23.2 Å². The zero-order valence-corrected chi connectivity index (χ0v) is 14.9. The zero-order valence-electron chi connectivity index (χ0n) is 14.9. The number of hydrogen-bond donors (Lipinski definition) is 3. The van der Waals surface area contributed by atoms with Gasteiger partial charge in [0.1, 0.15) is 6.61 Å². The highest BCUT2D eigenvalue weighted by Crippen LogP contribution is 2.60. The van der Waals surface area contributed by atoms with Crippen LogP contribution in [0.1, 0.15) is 53.7 Å². The van der Waals surface area contributed by atoms with E-state index in [-0.39, 0.29) is 11.2 Å². The van der Waals surface area contributed by atoms with E-state index in [1.165, 1.54) is 19.3 Å². The number of aliphatic hydroxyl groups excluding tert-OH is 2. The summed E-state index contributed by atoms with van der Waals surface area (Å²) in [5.41, 5.74) is 3.51. The van der Waals surface area contributed by atoms with Gasteiger partial charge < -0.3 is 15.5 Å². The molecule has 3 N–H and O–H groups in total. The Bertz CT molecular complexity index is 772. The fraction of sp³-hybridized carbons (Fsp3) is 0.619. The predicted octanol–water partition coefficient (Wildman–Crippen LogP) is 2.43. The molecule has 5 nitrogen and oxygen atoms in total. The molecule has 6 rings (SSSR count). The number of anilines is 1. The Balaban J connectivity index is 1.50. The molecule has 3 unspecified atom stereocenters. The third kappa shape index (κ3) is 2.37. The average Bonchev–Trinajstić information content (AvgIpc) is 3.12. The van der Waals surface area contributed by atoms with Crippen LogP contribution in [0.2, 0.25) is 0 Å². The lowest BCUT2D eigenvalue weighted by molar-refractivity contribution is -0.0868. The number of fused-ring (bicyclic) bond motifs is 1. The van der Waals surface area contributed by atoms with Crippen molar-refractivity contribution in [2.75, 3.05) is 18.5 Å². The van der Waals surface area contributed by atoms with Gasteiger partial charge in [-0.2, -0.15) is 0 Å². The van der Waals surface area contributed by atoms with Gasteiger partial charge in [0.05, 0.1) is 16.9 Å². The molecule has 0 radical (unpaired) electrons. The lowest BCUT2D eigenvalue weighted by atomic mass is 9.48. The van der Waals surface area contributed by atoms with E-state index in [0.717, 1.165) is 42.1 Å². The van der Waals surface area contributed by atoms with Crippen LogP contribution in [0.4, 0.5) is 5.69 Å². The van der Waals surface area contributed by atoms with Crippen molar-refractivity contribution in [3.8, 4) is 0 Å². The first-order valence-corrected chi connectivity index (χ1v) is 9.82. The van der Waals surface area contributed by atoms with Crippen LogP contribution in [-0.4, -0.2) is 40.2 Å². The fourth-order valence-electron chi connectivity index (χ4n) is 6.44. The van der Waals surface area contributed by atoms with Crippen molar-refractivity contribution >= 4 is 17.5 Å². The van der Waals surface area contributed by atoms with E-state index in [1.807, 2.05) is 6.08 Å². The zero-order chi connectivity index (χ0) is 17.9. The van der Waals surface area contributed by atoms with Gasteiger partial charge in [-0.1, -0.05) is 12.2 Å². The van der Waals surface area contributed by atoms with E-state index in [1.54, 1.807) is 6.20 Å². The molecular weight excluding hydrogens is 328 g/mol. The Morgan fingerprint density at radius 3 is 2.69 bits per heavy atom. The van der Waals surface area contributed by atoms with E-state index in [4.69, 9.17) is 0 Å². The van der Waals surface area contributed by atoms with Crippen LogP contribution in [0.3, 0.4) is 0 Å². The third-order valence-corrected chi connectivity index (χ3v) is 7.29. The van der Waals surface area contributed by atoms with E-state index >= 15 is 0 Å². The first kappa shape index (κ1) is 16.5. The number of pyridine rings is 1. The molecule has 4 bridgehead atoms. The highest BCUT2D eigenvalue weighted by Gasteiger charge is 2.55. The van der Waals surface area contributed by atoms with E-state index in [0.29, 0.717) is 30.0 Å². The van der Waals surface area contributed by atoms with E-state index < -0.39 is 6.61 Å². The van der Waals surface area contributed by atoms with Crippen LogP contribution in [0.25, 0.3) is 6.08 Å². The van der Waals surface area contributed by atoms with Gasteiger partial charge in [-0.3, -0.25) is 9.78 Å². The minimum Gasteiger partial charge on any atom is -0.396 e. The Morgan fingerprint density at radius 1 is 1.23 bits per heavy atom. The number of Topliss-reactive ketones (excluding diaryl/α,β-unsaturated/α-hetero) is 1. The van der Waals surface area contributed by atoms with Crippen LogP contribution in [0.5, 0.6) is 0 Å². The Morgan fingerprint density at radius 2 is 2.00 bits per heavy atom. The second-order valence-electron chi connectivity index (χ2n) is 8.89.